The van der Waals surface area contributed by atoms with Crippen molar-refractivity contribution in [1.29, 1.82) is 0 Å². The Morgan fingerprint density at radius 1 is 1.33 bits per heavy atom. The van der Waals surface area contributed by atoms with Gasteiger partial charge in [-0.3, -0.25) is 4.79 Å². The third-order valence-electron chi connectivity index (χ3n) is 3.64. The second-order valence-electron chi connectivity index (χ2n) is 5.15. The maximum atomic E-state index is 11.9. The Bertz CT molecular complexity index is 303. The number of hydrogen-bond donors (Lipinski definition) is 2. The number of nitrogens with two attached hydrogens (primary N) is 1. The zero-order chi connectivity index (χ0) is 13.6. The Balaban J connectivity index is 2.68. The van der Waals surface area contributed by atoms with Gasteiger partial charge in [-0.15, -0.1) is 0 Å². The molecule has 1 aliphatic heterocycles. The van der Waals surface area contributed by atoms with Crippen LogP contribution in [0.3, 0.4) is 0 Å². The van der Waals surface area contributed by atoms with E-state index in [1.807, 2.05) is 13.8 Å². The fraction of sp³-hybridized carbons (Fsp3) is 0.846. The number of nitrogens with zero attached hydrogens (tertiary/aromatic N) is 1. The van der Waals surface area contributed by atoms with Crippen molar-refractivity contribution in [2.24, 2.45) is 11.1 Å². The summed E-state index contributed by atoms with van der Waals surface area (Å²) in [7, 11) is 0. The lowest BCUT2D eigenvalue weighted by atomic mass is 9.76. The van der Waals surface area contributed by atoms with E-state index in [4.69, 9.17) is 5.73 Å². The molecular formula is C13H25N3O2. The van der Waals surface area contributed by atoms with Crippen LogP contribution in [-0.4, -0.2) is 36.5 Å². The molecule has 0 spiro atoms. The van der Waals surface area contributed by atoms with E-state index < -0.39 is 5.41 Å². The molecule has 0 radical (unpaired) electrons. The Labute approximate surface area is 109 Å². The number of rotatable bonds is 5. The van der Waals surface area contributed by atoms with E-state index in [1.54, 1.807) is 4.90 Å². The third-order valence-corrected chi connectivity index (χ3v) is 3.64. The summed E-state index contributed by atoms with van der Waals surface area (Å²) in [4.78, 5) is 25.4. The summed E-state index contributed by atoms with van der Waals surface area (Å²) in [5.74, 6) is -0.266. The summed E-state index contributed by atoms with van der Waals surface area (Å²) in [5, 5.41) is 2.86. The maximum Gasteiger partial charge on any atom is 0.317 e. The SMILES string of the molecule is CCCNC(=O)N1CCCC(CCC)(C(N)=O)C1. The zero-order valence-electron chi connectivity index (χ0n) is 11.5. The molecule has 5 heteroatoms. The van der Waals surface area contributed by atoms with E-state index in [0.717, 1.165) is 32.1 Å². The highest BCUT2D eigenvalue weighted by atomic mass is 16.2. The Hall–Kier alpha value is -1.26. The Morgan fingerprint density at radius 3 is 2.61 bits per heavy atom. The van der Waals surface area contributed by atoms with Crippen LogP contribution >= 0.6 is 0 Å². The van der Waals surface area contributed by atoms with Crippen LogP contribution in [0.5, 0.6) is 0 Å². The number of carbonyl (C=O) groups is 2. The van der Waals surface area contributed by atoms with Crippen LogP contribution < -0.4 is 11.1 Å². The molecule has 5 nitrogen and oxygen atoms in total. The van der Waals surface area contributed by atoms with Crippen molar-refractivity contribution in [2.75, 3.05) is 19.6 Å². The minimum absolute atomic E-state index is 0.0710. The standard InChI is InChI=1S/C13H25N3O2/c1-3-6-13(11(14)17)7-5-9-16(10-13)12(18)15-8-4-2/h3-10H2,1-2H3,(H2,14,17)(H,15,18). The van der Waals surface area contributed by atoms with Crippen molar-refractivity contribution in [3.05, 3.63) is 0 Å². The summed E-state index contributed by atoms with van der Waals surface area (Å²) in [6.45, 7) is 5.91. The molecule has 3 N–H and O–H groups in total. The lowest BCUT2D eigenvalue weighted by molar-refractivity contribution is -0.130. The van der Waals surface area contributed by atoms with Gasteiger partial charge in [-0.1, -0.05) is 20.3 Å². The van der Waals surface area contributed by atoms with Gasteiger partial charge in [0, 0.05) is 19.6 Å². The first-order valence-electron chi connectivity index (χ1n) is 6.88. The summed E-state index contributed by atoms with van der Waals surface area (Å²) < 4.78 is 0. The molecule has 3 amide bonds. The average Bonchev–Trinajstić information content (AvgIpc) is 2.36. The quantitative estimate of drug-likeness (QED) is 0.780. The van der Waals surface area contributed by atoms with Crippen molar-refractivity contribution < 1.29 is 9.59 Å². The van der Waals surface area contributed by atoms with Gasteiger partial charge in [0.2, 0.25) is 5.91 Å². The van der Waals surface area contributed by atoms with Crippen molar-refractivity contribution in [1.82, 2.24) is 10.2 Å². The van der Waals surface area contributed by atoms with Crippen LogP contribution in [0, 0.1) is 5.41 Å². The van der Waals surface area contributed by atoms with Crippen LogP contribution in [0.15, 0.2) is 0 Å². The second-order valence-corrected chi connectivity index (χ2v) is 5.15. The van der Waals surface area contributed by atoms with Crippen LogP contribution in [0.25, 0.3) is 0 Å². The summed E-state index contributed by atoms with van der Waals surface area (Å²) in [6, 6.07) is -0.0710. The lowest BCUT2D eigenvalue weighted by Crippen LogP contribution is -2.54. The molecule has 1 aliphatic rings. The van der Waals surface area contributed by atoms with Gasteiger partial charge < -0.3 is 16.0 Å². The number of carbonyl (C=O) groups excluding carboxylic acids is 2. The molecule has 1 fully saturated rings. The summed E-state index contributed by atoms with van der Waals surface area (Å²) >= 11 is 0. The highest BCUT2D eigenvalue weighted by Gasteiger charge is 2.41. The Morgan fingerprint density at radius 2 is 2.06 bits per heavy atom. The molecule has 1 saturated heterocycles. The van der Waals surface area contributed by atoms with Gasteiger partial charge >= 0.3 is 6.03 Å². The molecular weight excluding hydrogens is 230 g/mol. The van der Waals surface area contributed by atoms with Crippen molar-refractivity contribution >= 4 is 11.9 Å². The first-order valence-corrected chi connectivity index (χ1v) is 6.88. The fourth-order valence-corrected chi connectivity index (χ4v) is 2.66. The molecule has 0 aromatic rings. The molecule has 104 valence electrons. The monoisotopic (exact) mass is 255 g/mol. The smallest absolute Gasteiger partial charge is 0.317 e. The predicted octanol–water partition coefficient (Wildman–Crippen LogP) is 1.47. The summed E-state index contributed by atoms with van der Waals surface area (Å²) in [5.41, 5.74) is 5.04. The van der Waals surface area contributed by atoms with Crippen molar-refractivity contribution in [3.63, 3.8) is 0 Å². The number of piperidine rings is 1. The molecule has 0 aromatic carbocycles. The predicted molar refractivity (Wildman–Crippen MR) is 71.0 cm³/mol. The number of likely N-dealkylation sites (tertiary alicyclic amines) is 1. The fourth-order valence-electron chi connectivity index (χ4n) is 2.66. The number of amides is 3. The first kappa shape index (κ1) is 14.8. The van der Waals surface area contributed by atoms with E-state index in [0.29, 0.717) is 19.6 Å². The molecule has 1 unspecified atom stereocenters. The van der Waals surface area contributed by atoms with Gasteiger partial charge in [-0.25, -0.2) is 4.79 Å². The third kappa shape index (κ3) is 3.37. The second kappa shape index (κ2) is 6.61. The molecule has 0 saturated carbocycles. The van der Waals surface area contributed by atoms with Gasteiger partial charge in [-0.2, -0.15) is 0 Å². The van der Waals surface area contributed by atoms with Gasteiger partial charge in [0.1, 0.15) is 0 Å². The number of primary amides is 1. The maximum absolute atomic E-state index is 11.9. The molecule has 18 heavy (non-hydrogen) atoms. The molecule has 1 heterocycles. The highest BCUT2D eigenvalue weighted by Crippen LogP contribution is 2.34. The molecule has 1 rings (SSSR count). The minimum Gasteiger partial charge on any atom is -0.369 e. The minimum atomic E-state index is -0.517. The van der Waals surface area contributed by atoms with Gasteiger partial charge in [0.25, 0.3) is 0 Å². The topological polar surface area (TPSA) is 75.4 Å². The first-order chi connectivity index (χ1) is 8.55. The average molecular weight is 255 g/mol. The van der Waals surface area contributed by atoms with E-state index in [1.165, 1.54) is 0 Å². The van der Waals surface area contributed by atoms with E-state index >= 15 is 0 Å². The van der Waals surface area contributed by atoms with Gasteiger partial charge in [0.05, 0.1) is 5.41 Å². The van der Waals surface area contributed by atoms with Crippen molar-refractivity contribution in [2.45, 2.75) is 46.0 Å². The van der Waals surface area contributed by atoms with Crippen LogP contribution in [0.4, 0.5) is 4.79 Å². The van der Waals surface area contributed by atoms with E-state index in [9.17, 15) is 9.59 Å². The van der Waals surface area contributed by atoms with Gasteiger partial charge in [0.15, 0.2) is 0 Å². The molecule has 1 atom stereocenters. The van der Waals surface area contributed by atoms with E-state index in [2.05, 4.69) is 5.32 Å². The van der Waals surface area contributed by atoms with Crippen LogP contribution in [0.2, 0.25) is 0 Å². The highest BCUT2D eigenvalue weighted by molar-refractivity contribution is 5.82. The lowest BCUT2D eigenvalue weighted by Gasteiger charge is -2.40. The molecule has 0 bridgehead atoms. The normalized spacial score (nSPS) is 23.8. The van der Waals surface area contributed by atoms with E-state index in [-0.39, 0.29) is 11.9 Å². The number of nitrogens with one attached hydrogen (secondary N) is 1. The Kier molecular flexibility index (Phi) is 5.44. The molecule has 0 aliphatic carbocycles. The number of hydrogen-bond acceptors (Lipinski definition) is 2. The van der Waals surface area contributed by atoms with Gasteiger partial charge in [-0.05, 0) is 25.7 Å². The zero-order valence-corrected chi connectivity index (χ0v) is 11.5. The largest absolute Gasteiger partial charge is 0.369 e. The van der Waals surface area contributed by atoms with Crippen molar-refractivity contribution in [3.8, 4) is 0 Å². The van der Waals surface area contributed by atoms with Crippen LogP contribution in [0.1, 0.15) is 46.0 Å². The number of urea groups is 1. The summed E-state index contributed by atoms with van der Waals surface area (Å²) in [6.07, 6.45) is 4.24. The van der Waals surface area contributed by atoms with Crippen LogP contribution in [-0.2, 0) is 4.79 Å². The molecule has 0 aromatic heterocycles.